The Bertz CT molecular complexity index is 531. The van der Waals surface area contributed by atoms with Crippen molar-refractivity contribution < 1.29 is 4.74 Å². The predicted molar refractivity (Wildman–Crippen MR) is 92.1 cm³/mol. The summed E-state index contributed by atoms with van der Waals surface area (Å²) in [6.07, 6.45) is 9.25. The average molecular weight is 319 g/mol. The Morgan fingerprint density at radius 3 is 2.83 bits per heavy atom. The lowest BCUT2D eigenvalue weighted by atomic mass is 10.0. The number of nitrogens with one attached hydrogen (secondary N) is 1. The van der Waals surface area contributed by atoms with Crippen LogP contribution in [0, 0.1) is 0 Å². The van der Waals surface area contributed by atoms with Crippen molar-refractivity contribution in [3.05, 3.63) is 28.7 Å². The number of nitrogens with zero attached hydrogens (tertiary/aromatic N) is 2. The molecule has 1 atom stereocenters. The largest absolute Gasteiger partial charge is 0.487 e. The van der Waals surface area contributed by atoms with Gasteiger partial charge in [-0.1, -0.05) is 6.42 Å². The molecule has 2 aliphatic rings. The Morgan fingerprint density at radius 2 is 2.04 bits per heavy atom. The van der Waals surface area contributed by atoms with Crippen molar-refractivity contribution in [2.24, 2.45) is 0 Å². The molecule has 0 radical (unpaired) electrons. The van der Waals surface area contributed by atoms with E-state index in [2.05, 4.69) is 10.2 Å². The van der Waals surface area contributed by atoms with E-state index in [9.17, 15) is 4.79 Å². The lowest BCUT2D eigenvalue weighted by Crippen LogP contribution is -2.35. The van der Waals surface area contributed by atoms with Crippen molar-refractivity contribution in [2.75, 3.05) is 32.8 Å². The van der Waals surface area contributed by atoms with Gasteiger partial charge in [-0.2, -0.15) is 0 Å². The summed E-state index contributed by atoms with van der Waals surface area (Å²) in [4.78, 5) is 14.9. The van der Waals surface area contributed by atoms with Gasteiger partial charge in [0.1, 0.15) is 6.61 Å². The van der Waals surface area contributed by atoms with Gasteiger partial charge < -0.3 is 14.6 Å². The molecule has 0 aliphatic carbocycles. The van der Waals surface area contributed by atoms with E-state index in [1.165, 1.54) is 32.1 Å². The van der Waals surface area contributed by atoms with Gasteiger partial charge in [0.2, 0.25) is 0 Å². The Morgan fingerprint density at radius 1 is 1.17 bits per heavy atom. The summed E-state index contributed by atoms with van der Waals surface area (Å²) in [5.74, 6) is 0.489. The highest BCUT2D eigenvalue weighted by atomic mass is 16.5. The minimum absolute atomic E-state index is 0.00438. The van der Waals surface area contributed by atoms with E-state index in [1.54, 1.807) is 10.6 Å². The van der Waals surface area contributed by atoms with E-state index in [0.29, 0.717) is 18.4 Å². The summed E-state index contributed by atoms with van der Waals surface area (Å²) in [7, 11) is 0. The summed E-state index contributed by atoms with van der Waals surface area (Å²) in [6.45, 7) is 5.72. The second-order valence-electron chi connectivity index (χ2n) is 6.70. The van der Waals surface area contributed by atoms with Crippen LogP contribution < -0.4 is 15.6 Å². The number of piperidine rings is 1. The molecule has 1 unspecified atom stereocenters. The molecule has 5 nitrogen and oxygen atoms in total. The molecule has 2 aliphatic heterocycles. The van der Waals surface area contributed by atoms with Crippen LogP contribution in [0.3, 0.4) is 0 Å². The SMILES string of the molecule is O=c1c(OCCN2CCCC2)cccn1CCC1CCCCN1. The zero-order chi connectivity index (χ0) is 15.9. The Balaban J connectivity index is 1.49. The van der Waals surface area contributed by atoms with E-state index in [-0.39, 0.29) is 5.56 Å². The molecular weight excluding hydrogens is 290 g/mol. The summed E-state index contributed by atoms with van der Waals surface area (Å²) in [5, 5.41) is 3.54. The van der Waals surface area contributed by atoms with Crippen molar-refractivity contribution in [3.63, 3.8) is 0 Å². The lowest BCUT2D eigenvalue weighted by molar-refractivity contribution is 0.234. The van der Waals surface area contributed by atoms with Crippen LogP contribution in [0.15, 0.2) is 23.1 Å². The normalized spacial score (nSPS) is 22.3. The molecule has 0 saturated carbocycles. The van der Waals surface area contributed by atoms with Crippen LogP contribution in [0.5, 0.6) is 5.75 Å². The van der Waals surface area contributed by atoms with Gasteiger partial charge in [-0.15, -0.1) is 0 Å². The summed E-state index contributed by atoms with van der Waals surface area (Å²) < 4.78 is 7.53. The molecule has 2 fully saturated rings. The van der Waals surface area contributed by atoms with Crippen molar-refractivity contribution in [2.45, 2.75) is 51.1 Å². The van der Waals surface area contributed by atoms with E-state index in [0.717, 1.165) is 39.1 Å². The van der Waals surface area contributed by atoms with Crippen LogP contribution in [-0.4, -0.2) is 48.3 Å². The third kappa shape index (κ3) is 4.82. The Labute approximate surface area is 138 Å². The number of ether oxygens (including phenoxy) is 1. The number of aromatic nitrogens is 1. The number of aryl methyl sites for hydroxylation is 1. The van der Waals surface area contributed by atoms with E-state index in [4.69, 9.17) is 4.74 Å². The molecule has 0 amide bonds. The standard InChI is InChI=1S/C18H29N3O2/c22-18-17(23-15-14-20-10-3-4-11-20)7-5-12-21(18)13-8-16-6-1-2-9-19-16/h5,7,12,16,19H,1-4,6,8-11,13-15H2. The molecule has 23 heavy (non-hydrogen) atoms. The smallest absolute Gasteiger partial charge is 0.292 e. The summed E-state index contributed by atoms with van der Waals surface area (Å²) in [5.41, 5.74) is 0.00438. The van der Waals surface area contributed by atoms with Crippen molar-refractivity contribution in [1.82, 2.24) is 14.8 Å². The van der Waals surface area contributed by atoms with Crippen molar-refractivity contribution >= 4 is 0 Å². The fraction of sp³-hybridized carbons (Fsp3) is 0.722. The fourth-order valence-corrected chi connectivity index (χ4v) is 3.56. The molecule has 1 N–H and O–H groups in total. The first kappa shape index (κ1) is 16.5. The number of pyridine rings is 1. The third-order valence-electron chi connectivity index (χ3n) is 4.98. The summed E-state index contributed by atoms with van der Waals surface area (Å²) in [6, 6.07) is 4.26. The molecule has 0 spiro atoms. The second kappa shape index (κ2) is 8.50. The van der Waals surface area contributed by atoms with Gasteiger partial charge in [0, 0.05) is 25.3 Å². The van der Waals surface area contributed by atoms with Gasteiger partial charge in [0.15, 0.2) is 5.75 Å². The van der Waals surface area contributed by atoms with Crippen LogP contribution in [0.2, 0.25) is 0 Å². The van der Waals surface area contributed by atoms with Gasteiger partial charge in [-0.3, -0.25) is 9.69 Å². The predicted octanol–water partition coefficient (Wildman–Crippen LogP) is 1.86. The van der Waals surface area contributed by atoms with E-state index in [1.807, 2.05) is 12.3 Å². The van der Waals surface area contributed by atoms with Crippen LogP contribution in [0.1, 0.15) is 38.5 Å². The lowest BCUT2D eigenvalue weighted by Gasteiger charge is -2.23. The molecule has 5 heteroatoms. The Hall–Kier alpha value is -1.33. The third-order valence-corrected chi connectivity index (χ3v) is 4.98. The average Bonchev–Trinajstić information content (AvgIpc) is 3.10. The summed E-state index contributed by atoms with van der Waals surface area (Å²) >= 11 is 0. The molecule has 0 aromatic carbocycles. The molecule has 128 valence electrons. The zero-order valence-electron chi connectivity index (χ0n) is 14.0. The van der Waals surface area contributed by atoms with E-state index < -0.39 is 0 Å². The van der Waals surface area contributed by atoms with Crippen LogP contribution >= 0.6 is 0 Å². The van der Waals surface area contributed by atoms with Crippen LogP contribution in [-0.2, 0) is 6.54 Å². The quantitative estimate of drug-likeness (QED) is 0.833. The van der Waals surface area contributed by atoms with Crippen LogP contribution in [0.4, 0.5) is 0 Å². The van der Waals surface area contributed by atoms with Gasteiger partial charge in [0.25, 0.3) is 5.56 Å². The molecule has 0 bridgehead atoms. The minimum Gasteiger partial charge on any atom is -0.487 e. The number of likely N-dealkylation sites (tertiary alicyclic amines) is 1. The zero-order valence-corrected chi connectivity index (χ0v) is 14.0. The highest BCUT2D eigenvalue weighted by molar-refractivity contribution is 5.17. The second-order valence-corrected chi connectivity index (χ2v) is 6.70. The fourth-order valence-electron chi connectivity index (χ4n) is 3.56. The van der Waals surface area contributed by atoms with Crippen LogP contribution in [0.25, 0.3) is 0 Å². The van der Waals surface area contributed by atoms with Crippen molar-refractivity contribution in [1.29, 1.82) is 0 Å². The first-order valence-electron chi connectivity index (χ1n) is 9.11. The maximum atomic E-state index is 12.5. The maximum Gasteiger partial charge on any atom is 0.292 e. The number of hydrogen-bond acceptors (Lipinski definition) is 4. The molecule has 3 heterocycles. The molecule has 1 aromatic rings. The van der Waals surface area contributed by atoms with Gasteiger partial charge >= 0.3 is 0 Å². The van der Waals surface area contributed by atoms with Gasteiger partial charge in [-0.05, 0) is 63.9 Å². The topological polar surface area (TPSA) is 46.5 Å². The first-order valence-corrected chi connectivity index (χ1v) is 9.11. The van der Waals surface area contributed by atoms with Crippen molar-refractivity contribution in [3.8, 4) is 5.75 Å². The number of rotatable bonds is 7. The Kier molecular flexibility index (Phi) is 6.11. The molecule has 3 rings (SSSR count). The molecular formula is C18H29N3O2. The van der Waals surface area contributed by atoms with Gasteiger partial charge in [-0.25, -0.2) is 0 Å². The molecule has 2 saturated heterocycles. The maximum absolute atomic E-state index is 12.5. The molecule has 1 aromatic heterocycles. The highest BCUT2D eigenvalue weighted by Crippen LogP contribution is 2.11. The number of hydrogen-bond donors (Lipinski definition) is 1. The monoisotopic (exact) mass is 319 g/mol. The van der Waals surface area contributed by atoms with Gasteiger partial charge in [0.05, 0.1) is 0 Å². The minimum atomic E-state index is 0.00438. The first-order chi connectivity index (χ1) is 11.3. The highest BCUT2D eigenvalue weighted by Gasteiger charge is 2.14. The van der Waals surface area contributed by atoms with E-state index >= 15 is 0 Å².